The first-order valence-corrected chi connectivity index (χ1v) is 8.38. The molecule has 0 aromatic heterocycles. The fourth-order valence-corrected chi connectivity index (χ4v) is 3.04. The van der Waals surface area contributed by atoms with Crippen LogP contribution in [0.1, 0.15) is 61.3 Å². The molecule has 0 radical (unpaired) electrons. The van der Waals surface area contributed by atoms with Crippen LogP contribution < -0.4 is 5.32 Å². The molecule has 1 saturated heterocycles. The lowest BCUT2D eigenvalue weighted by Crippen LogP contribution is -2.68. The van der Waals surface area contributed by atoms with Gasteiger partial charge in [0.05, 0.1) is 0 Å². The molecule has 1 fully saturated rings. The SMILES string of the molecule is CCC(C)C1NC(=O)C(C(C)C)N(C(C)C(C)CC)C1=O. The van der Waals surface area contributed by atoms with Crippen LogP contribution in [0, 0.1) is 17.8 Å². The van der Waals surface area contributed by atoms with E-state index < -0.39 is 0 Å². The minimum absolute atomic E-state index is 0.00468. The van der Waals surface area contributed by atoms with E-state index in [0.29, 0.717) is 5.92 Å². The number of hydrogen-bond acceptors (Lipinski definition) is 2. The molecule has 2 amide bonds. The van der Waals surface area contributed by atoms with Crippen LogP contribution in [0.3, 0.4) is 0 Å². The fraction of sp³-hybridized carbons (Fsp3) is 0.882. The number of rotatable bonds is 6. The van der Waals surface area contributed by atoms with Gasteiger partial charge in [0, 0.05) is 6.04 Å². The number of carbonyl (C=O) groups excluding carboxylic acids is 2. The second-order valence-electron chi connectivity index (χ2n) is 6.93. The first kappa shape index (κ1) is 18.0. The Morgan fingerprint density at radius 1 is 1.05 bits per heavy atom. The number of piperazine rings is 1. The van der Waals surface area contributed by atoms with Crippen molar-refractivity contribution in [1.82, 2.24) is 10.2 Å². The largest absolute Gasteiger partial charge is 0.342 e. The normalized spacial score (nSPS) is 27.5. The molecule has 1 aliphatic heterocycles. The van der Waals surface area contributed by atoms with E-state index in [2.05, 4.69) is 33.0 Å². The summed E-state index contributed by atoms with van der Waals surface area (Å²) in [6.07, 6.45) is 1.89. The third-order valence-electron chi connectivity index (χ3n) is 5.14. The van der Waals surface area contributed by atoms with E-state index in [1.165, 1.54) is 0 Å². The summed E-state index contributed by atoms with van der Waals surface area (Å²) >= 11 is 0. The second kappa shape index (κ2) is 7.28. The van der Waals surface area contributed by atoms with Gasteiger partial charge in [0.25, 0.3) is 0 Å². The molecule has 5 unspecified atom stereocenters. The molecular formula is C17H32N2O2. The molecule has 4 heteroatoms. The molecule has 21 heavy (non-hydrogen) atoms. The van der Waals surface area contributed by atoms with Crippen molar-refractivity contribution in [1.29, 1.82) is 0 Å². The lowest BCUT2D eigenvalue weighted by molar-refractivity contribution is -0.156. The molecule has 0 saturated carbocycles. The van der Waals surface area contributed by atoms with E-state index in [4.69, 9.17) is 0 Å². The van der Waals surface area contributed by atoms with Crippen molar-refractivity contribution < 1.29 is 9.59 Å². The summed E-state index contributed by atoms with van der Waals surface area (Å²) < 4.78 is 0. The zero-order valence-corrected chi connectivity index (χ0v) is 14.6. The zero-order chi connectivity index (χ0) is 16.3. The average Bonchev–Trinajstić information content (AvgIpc) is 2.45. The highest BCUT2D eigenvalue weighted by molar-refractivity contribution is 5.97. The third kappa shape index (κ3) is 3.58. The van der Waals surface area contributed by atoms with Gasteiger partial charge in [-0.25, -0.2) is 0 Å². The Labute approximate surface area is 129 Å². The maximum atomic E-state index is 13.0. The minimum atomic E-state index is -0.371. The van der Waals surface area contributed by atoms with Gasteiger partial charge >= 0.3 is 0 Å². The van der Waals surface area contributed by atoms with Crippen LogP contribution >= 0.6 is 0 Å². The third-order valence-corrected chi connectivity index (χ3v) is 5.14. The van der Waals surface area contributed by atoms with Gasteiger partial charge < -0.3 is 10.2 Å². The summed E-state index contributed by atoms with van der Waals surface area (Å²) in [5.74, 6) is 0.777. The molecule has 5 atom stereocenters. The van der Waals surface area contributed by atoms with Crippen LogP contribution in [0.15, 0.2) is 0 Å². The lowest BCUT2D eigenvalue weighted by Gasteiger charge is -2.46. The predicted octanol–water partition coefficient (Wildman–Crippen LogP) is 2.82. The van der Waals surface area contributed by atoms with Gasteiger partial charge in [-0.2, -0.15) is 0 Å². The first-order chi connectivity index (χ1) is 9.76. The molecule has 122 valence electrons. The van der Waals surface area contributed by atoms with Gasteiger partial charge in [0.2, 0.25) is 11.8 Å². The van der Waals surface area contributed by atoms with Gasteiger partial charge in [-0.1, -0.05) is 54.4 Å². The van der Waals surface area contributed by atoms with E-state index in [1.54, 1.807) is 0 Å². The van der Waals surface area contributed by atoms with Gasteiger partial charge in [-0.3, -0.25) is 9.59 Å². The van der Waals surface area contributed by atoms with Crippen LogP contribution in [-0.2, 0) is 9.59 Å². The van der Waals surface area contributed by atoms with Crippen LogP contribution in [0.5, 0.6) is 0 Å². The van der Waals surface area contributed by atoms with E-state index in [9.17, 15) is 9.59 Å². The molecular weight excluding hydrogens is 264 g/mol. The van der Waals surface area contributed by atoms with Crippen molar-refractivity contribution in [2.45, 2.75) is 79.4 Å². The Balaban J connectivity index is 3.15. The van der Waals surface area contributed by atoms with Crippen LogP contribution in [0.2, 0.25) is 0 Å². The molecule has 0 aliphatic carbocycles. The van der Waals surface area contributed by atoms with Crippen molar-refractivity contribution in [3.63, 3.8) is 0 Å². The molecule has 1 heterocycles. The molecule has 0 aromatic rings. The second-order valence-corrected chi connectivity index (χ2v) is 6.93. The summed E-state index contributed by atoms with van der Waals surface area (Å²) in [5.41, 5.74) is 0. The maximum Gasteiger partial charge on any atom is 0.246 e. The van der Waals surface area contributed by atoms with Crippen molar-refractivity contribution >= 4 is 11.8 Å². The molecule has 1 aliphatic rings. The Kier molecular flexibility index (Phi) is 6.24. The topological polar surface area (TPSA) is 49.4 Å². The van der Waals surface area contributed by atoms with Gasteiger partial charge in [0.1, 0.15) is 12.1 Å². The Morgan fingerprint density at radius 2 is 1.62 bits per heavy atom. The zero-order valence-electron chi connectivity index (χ0n) is 14.6. The minimum Gasteiger partial charge on any atom is -0.342 e. The van der Waals surface area contributed by atoms with Gasteiger partial charge in [-0.15, -0.1) is 0 Å². The predicted molar refractivity (Wildman–Crippen MR) is 85.8 cm³/mol. The number of nitrogens with zero attached hydrogens (tertiary/aromatic N) is 1. The number of nitrogens with one attached hydrogen (secondary N) is 1. The standard InChI is InChI=1S/C17H32N2O2/c1-8-11(5)13(7)19-15(10(3)4)16(20)18-14(17(19)21)12(6)9-2/h10-15H,8-9H2,1-7H3,(H,18,20). The van der Waals surface area contributed by atoms with Crippen LogP contribution in [0.25, 0.3) is 0 Å². The van der Waals surface area contributed by atoms with Gasteiger partial charge in [-0.05, 0) is 24.7 Å². The van der Waals surface area contributed by atoms with Crippen molar-refractivity contribution in [2.75, 3.05) is 0 Å². The van der Waals surface area contributed by atoms with E-state index in [1.807, 2.05) is 25.7 Å². The quantitative estimate of drug-likeness (QED) is 0.819. The Hall–Kier alpha value is -1.06. The average molecular weight is 296 g/mol. The van der Waals surface area contributed by atoms with E-state index in [-0.39, 0.29) is 41.8 Å². The van der Waals surface area contributed by atoms with Crippen LogP contribution in [0.4, 0.5) is 0 Å². The maximum absolute atomic E-state index is 13.0. The fourth-order valence-electron chi connectivity index (χ4n) is 3.04. The molecule has 1 N–H and O–H groups in total. The summed E-state index contributed by atoms with van der Waals surface area (Å²) in [4.78, 5) is 27.4. The monoisotopic (exact) mass is 296 g/mol. The van der Waals surface area contributed by atoms with Gasteiger partial charge in [0.15, 0.2) is 0 Å². The number of carbonyl (C=O) groups is 2. The summed E-state index contributed by atoms with van der Waals surface area (Å²) in [6.45, 7) is 14.5. The summed E-state index contributed by atoms with van der Waals surface area (Å²) in [7, 11) is 0. The summed E-state index contributed by atoms with van der Waals surface area (Å²) in [5, 5.41) is 2.96. The van der Waals surface area contributed by atoms with Crippen molar-refractivity contribution in [3.05, 3.63) is 0 Å². The number of amides is 2. The highest BCUT2D eigenvalue weighted by atomic mass is 16.2. The molecule has 0 spiro atoms. The Morgan fingerprint density at radius 3 is 2.05 bits per heavy atom. The highest BCUT2D eigenvalue weighted by Gasteiger charge is 2.45. The number of hydrogen-bond donors (Lipinski definition) is 1. The smallest absolute Gasteiger partial charge is 0.246 e. The van der Waals surface area contributed by atoms with Crippen molar-refractivity contribution in [2.24, 2.45) is 17.8 Å². The molecule has 0 aromatic carbocycles. The van der Waals surface area contributed by atoms with Crippen LogP contribution in [-0.4, -0.2) is 34.8 Å². The van der Waals surface area contributed by atoms with Crippen molar-refractivity contribution in [3.8, 4) is 0 Å². The summed E-state index contributed by atoms with van der Waals surface area (Å²) in [6, 6.07) is -0.627. The van der Waals surface area contributed by atoms with E-state index >= 15 is 0 Å². The molecule has 4 nitrogen and oxygen atoms in total. The molecule has 0 bridgehead atoms. The molecule has 1 rings (SSSR count). The Bertz CT molecular complexity index is 381. The first-order valence-electron chi connectivity index (χ1n) is 8.38. The lowest BCUT2D eigenvalue weighted by atomic mass is 9.87. The highest BCUT2D eigenvalue weighted by Crippen LogP contribution is 2.27. The van der Waals surface area contributed by atoms with E-state index in [0.717, 1.165) is 12.8 Å².